The quantitative estimate of drug-likeness (QED) is 0.583. The summed E-state index contributed by atoms with van der Waals surface area (Å²) in [4.78, 5) is 15.9. The number of aromatic carboxylic acids is 1. The Hall–Kier alpha value is -2.66. The van der Waals surface area contributed by atoms with E-state index in [0.717, 1.165) is 28.2 Å². The Bertz CT molecular complexity index is 982. The fraction of sp³-hybridized carbons (Fsp3) is 0.273. The Labute approximate surface area is 163 Å². The highest BCUT2D eigenvalue weighted by Gasteiger charge is 2.20. The van der Waals surface area contributed by atoms with E-state index < -0.39 is 5.97 Å². The minimum Gasteiger partial charge on any atom is -0.477 e. The summed E-state index contributed by atoms with van der Waals surface area (Å²) < 4.78 is 6.16. The number of hydrogen-bond acceptors (Lipinski definition) is 4. The van der Waals surface area contributed by atoms with Crippen LogP contribution in [0.3, 0.4) is 0 Å². The van der Waals surface area contributed by atoms with Gasteiger partial charge in [0.25, 0.3) is 0 Å². The molecule has 0 amide bonds. The number of aryl methyl sites for hydroxylation is 2. The van der Waals surface area contributed by atoms with Crippen LogP contribution in [0.1, 0.15) is 47.3 Å². The fourth-order valence-corrected chi connectivity index (χ4v) is 3.75. The van der Waals surface area contributed by atoms with Gasteiger partial charge in [-0.15, -0.1) is 11.3 Å². The van der Waals surface area contributed by atoms with Crippen molar-refractivity contribution in [3.05, 3.63) is 64.2 Å². The number of benzene rings is 2. The van der Waals surface area contributed by atoms with Gasteiger partial charge in [0, 0.05) is 11.1 Å². The van der Waals surface area contributed by atoms with Crippen molar-refractivity contribution in [3.8, 4) is 22.1 Å². The van der Waals surface area contributed by atoms with Crippen LogP contribution in [0.2, 0.25) is 0 Å². The summed E-state index contributed by atoms with van der Waals surface area (Å²) in [6.45, 7) is 10.3. The lowest BCUT2D eigenvalue weighted by Gasteiger charge is -2.23. The third-order valence-electron chi connectivity index (χ3n) is 4.27. The molecule has 0 radical (unpaired) electrons. The van der Waals surface area contributed by atoms with E-state index in [1.165, 1.54) is 11.3 Å². The van der Waals surface area contributed by atoms with Crippen LogP contribution in [-0.2, 0) is 5.41 Å². The first kappa shape index (κ1) is 19.1. The van der Waals surface area contributed by atoms with Gasteiger partial charge < -0.3 is 9.84 Å². The maximum Gasteiger partial charge on any atom is 0.347 e. The molecule has 0 saturated heterocycles. The number of hydrogen-bond donors (Lipinski definition) is 1. The van der Waals surface area contributed by atoms with Gasteiger partial charge in [-0.3, -0.25) is 0 Å². The number of nitrogens with zero attached hydrogens (tertiary/aromatic N) is 1. The van der Waals surface area contributed by atoms with Crippen LogP contribution >= 0.6 is 11.3 Å². The molecule has 0 atom stereocenters. The molecule has 0 fully saturated rings. The lowest BCUT2D eigenvalue weighted by Crippen LogP contribution is -2.12. The number of aromatic nitrogens is 1. The lowest BCUT2D eigenvalue weighted by molar-refractivity contribution is 0.0701. The SMILES string of the molecule is Cc1ccc(C(C)(C)C)c(Oc2ccc(-c3nc(C)c(C(=O)O)s3)cc2)c1. The molecule has 1 N–H and O–H groups in total. The van der Waals surface area contributed by atoms with E-state index in [1.807, 2.05) is 31.2 Å². The van der Waals surface area contributed by atoms with Gasteiger partial charge in [-0.1, -0.05) is 32.9 Å². The van der Waals surface area contributed by atoms with Crippen molar-refractivity contribution in [2.45, 2.75) is 40.0 Å². The molecule has 2 aromatic carbocycles. The Morgan fingerprint density at radius 2 is 1.74 bits per heavy atom. The van der Waals surface area contributed by atoms with E-state index in [1.54, 1.807) is 6.92 Å². The average molecular weight is 381 g/mol. The molecule has 0 saturated carbocycles. The molecule has 3 aromatic rings. The fourth-order valence-electron chi connectivity index (χ4n) is 2.84. The molecule has 5 heteroatoms. The summed E-state index contributed by atoms with van der Waals surface area (Å²) in [5.74, 6) is 0.653. The predicted molar refractivity (Wildman–Crippen MR) is 109 cm³/mol. The molecule has 0 unspecified atom stereocenters. The van der Waals surface area contributed by atoms with Crippen molar-refractivity contribution in [2.24, 2.45) is 0 Å². The predicted octanol–water partition coefficient (Wildman–Crippen LogP) is 6.21. The zero-order valence-electron chi connectivity index (χ0n) is 16.2. The normalized spacial score (nSPS) is 11.4. The van der Waals surface area contributed by atoms with E-state index >= 15 is 0 Å². The molecular formula is C22H23NO3S. The highest BCUT2D eigenvalue weighted by Crippen LogP contribution is 2.36. The summed E-state index contributed by atoms with van der Waals surface area (Å²) in [7, 11) is 0. The first-order valence-corrected chi connectivity index (χ1v) is 9.57. The number of carboxylic acid groups (broad SMARTS) is 1. The maximum atomic E-state index is 11.2. The molecule has 1 aromatic heterocycles. The molecule has 0 aliphatic rings. The number of carbonyl (C=O) groups is 1. The standard InChI is InChI=1S/C22H23NO3S/c1-13-6-11-17(22(3,4)5)18(12-13)26-16-9-7-15(8-10-16)20-23-14(2)19(27-20)21(24)25/h6-12H,1-5H3,(H,24,25). The second-order valence-electron chi connectivity index (χ2n) is 7.61. The minimum atomic E-state index is -0.939. The topological polar surface area (TPSA) is 59.4 Å². The van der Waals surface area contributed by atoms with E-state index in [9.17, 15) is 9.90 Å². The van der Waals surface area contributed by atoms with Gasteiger partial charge in [0.1, 0.15) is 21.4 Å². The maximum absolute atomic E-state index is 11.2. The third kappa shape index (κ3) is 4.19. The van der Waals surface area contributed by atoms with Crippen LogP contribution in [0, 0.1) is 13.8 Å². The molecular weight excluding hydrogens is 358 g/mol. The minimum absolute atomic E-state index is 0.0192. The number of ether oxygens (including phenoxy) is 1. The lowest BCUT2D eigenvalue weighted by atomic mass is 9.86. The monoisotopic (exact) mass is 381 g/mol. The number of carboxylic acids is 1. The van der Waals surface area contributed by atoms with Crippen molar-refractivity contribution < 1.29 is 14.6 Å². The van der Waals surface area contributed by atoms with Crippen LogP contribution in [0.15, 0.2) is 42.5 Å². The third-order valence-corrected chi connectivity index (χ3v) is 5.46. The molecule has 3 rings (SSSR count). The second kappa shape index (κ2) is 7.16. The van der Waals surface area contributed by atoms with Gasteiger partial charge in [-0.2, -0.15) is 0 Å². The summed E-state index contributed by atoms with van der Waals surface area (Å²) >= 11 is 1.19. The summed E-state index contributed by atoms with van der Waals surface area (Å²) in [5, 5.41) is 9.90. The molecule has 0 aliphatic heterocycles. The van der Waals surface area contributed by atoms with Crippen LogP contribution in [0.4, 0.5) is 0 Å². The Morgan fingerprint density at radius 3 is 2.30 bits per heavy atom. The molecule has 0 bridgehead atoms. The van der Waals surface area contributed by atoms with Gasteiger partial charge in [0.15, 0.2) is 0 Å². The van der Waals surface area contributed by atoms with Crippen molar-refractivity contribution in [3.63, 3.8) is 0 Å². The largest absolute Gasteiger partial charge is 0.477 e. The number of rotatable bonds is 4. The summed E-state index contributed by atoms with van der Waals surface area (Å²) in [5.41, 5.74) is 3.70. The smallest absolute Gasteiger partial charge is 0.347 e. The van der Waals surface area contributed by atoms with Crippen molar-refractivity contribution in [1.29, 1.82) is 0 Å². The first-order chi connectivity index (χ1) is 12.6. The molecule has 0 aliphatic carbocycles. The molecule has 27 heavy (non-hydrogen) atoms. The zero-order valence-corrected chi connectivity index (χ0v) is 17.0. The van der Waals surface area contributed by atoms with Gasteiger partial charge in [0.05, 0.1) is 5.69 Å². The van der Waals surface area contributed by atoms with Gasteiger partial charge >= 0.3 is 5.97 Å². The van der Waals surface area contributed by atoms with E-state index in [-0.39, 0.29) is 10.3 Å². The first-order valence-electron chi connectivity index (χ1n) is 8.75. The molecule has 4 nitrogen and oxygen atoms in total. The summed E-state index contributed by atoms with van der Waals surface area (Å²) in [6.07, 6.45) is 0. The van der Waals surface area contributed by atoms with E-state index in [2.05, 4.69) is 44.0 Å². The highest BCUT2D eigenvalue weighted by molar-refractivity contribution is 7.17. The number of thiazole rings is 1. The van der Waals surface area contributed by atoms with Crippen molar-refractivity contribution in [1.82, 2.24) is 4.98 Å². The molecule has 1 heterocycles. The highest BCUT2D eigenvalue weighted by atomic mass is 32.1. The Morgan fingerprint density at radius 1 is 1.07 bits per heavy atom. The molecule has 0 spiro atoms. The van der Waals surface area contributed by atoms with Crippen molar-refractivity contribution in [2.75, 3.05) is 0 Å². The van der Waals surface area contributed by atoms with E-state index in [4.69, 9.17) is 4.74 Å². The molecule has 140 valence electrons. The van der Waals surface area contributed by atoms with Crippen LogP contribution in [0.25, 0.3) is 10.6 Å². The van der Waals surface area contributed by atoms with E-state index in [0.29, 0.717) is 10.7 Å². The summed E-state index contributed by atoms with van der Waals surface area (Å²) in [6, 6.07) is 13.9. The van der Waals surface area contributed by atoms with Crippen LogP contribution in [-0.4, -0.2) is 16.1 Å². The van der Waals surface area contributed by atoms with Gasteiger partial charge in [-0.25, -0.2) is 9.78 Å². The zero-order chi connectivity index (χ0) is 19.8. The Balaban J connectivity index is 1.88. The van der Waals surface area contributed by atoms with Gasteiger partial charge in [-0.05, 0) is 55.2 Å². The average Bonchev–Trinajstić information content (AvgIpc) is 2.96. The Kier molecular flexibility index (Phi) is 5.07. The van der Waals surface area contributed by atoms with Crippen molar-refractivity contribution >= 4 is 17.3 Å². The second-order valence-corrected chi connectivity index (χ2v) is 8.61. The van der Waals surface area contributed by atoms with Crippen LogP contribution < -0.4 is 4.74 Å². The van der Waals surface area contributed by atoms with Gasteiger partial charge in [0.2, 0.25) is 0 Å². The van der Waals surface area contributed by atoms with Crippen LogP contribution in [0.5, 0.6) is 11.5 Å².